The molecule has 2 aliphatic rings. The highest BCUT2D eigenvalue weighted by molar-refractivity contribution is 6.05. The third-order valence-electron chi connectivity index (χ3n) is 1.80. The lowest BCUT2D eigenvalue weighted by Gasteiger charge is -2.21. The number of hydrogen-bond acceptors (Lipinski definition) is 4. The molecule has 10 heavy (non-hydrogen) atoms. The van der Waals surface area contributed by atoms with Gasteiger partial charge >= 0.3 is 0 Å². The van der Waals surface area contributed by atoms with E-state index >= 15 is 0 Å². The molecule has 0 unspecified atom stereocenters. The predicted molar refractivity (Wildman–Crippen MR) is 40.1 cm³/mol. The molecule has 54 valence electrons. The highest BCUT2D eigenvalue weighted by atomic mass is 15.3. The van der Waals surface area contributed by atoms with Crippen LogP contribution in [0, 0.1) is 0 Å². The lowest BCUT2D eigenvalue weighted by atomic mass is 10.3. The van der Waals surface area contributed by atoms with Gasteiger partial charge in [0.1, 0.15) is 12.4 Å². The summed E-state index contributed by atoms with van der Waals surface area (Å²) in [5.74, 6) is 1.68. The summed E-state index contributed by atoms with van der Waals surface area (Å²) in [6.45, 7) is 2.62. The Morgan fingerprint density at radius 3 is 3.10 bits per heavy atom. The fourth-order valence-electron chi connectivity index (χ4n) is 1.27. The summed E-state index contributed by atoms with van der Waals surface area (Å²) in [6, 6.07) is 0. The van der Waals surface area contributed by atoms with Crippen molar-refractivity contribution in [3.63, 3.8) is 0 Å². The first-order chi connectivity index (χ1) is 4.88. The van der Waals surface area contributed by atoms with Gasteiger partial charge in [-0.1, -0.05) is 0 Å². The molecule has 4 nitrogen and oxygen atoms in total. The van der Waals surface area contributed by atoms with E-state index < -0.39 is 0 Å². The van der Waals surface area contributed by atoms with Crippen molar-refractivity contribution in [2.45, 2.75) is 6.42 Å². The summed E-state index contributed by atoms with van der Waals surface area (Å²) < 4.78 is 0. The van der Waals surface area contributed by atoms with Gasteiger partial charge < -0.3 is 5.73 Å². The highest BCUT2D eigenvalue weighted by Crippen LogP contribution is 2.07. The second-order valence-corrected chi connectivity index (χ2v) is 2.48. The second-order valence-electron chi connectivity index (χ2n) is 2.48. The second kappa shape index (κ2) is 1.97. The molecule has 0 aromatic rings. The van der Waals surface area contributed by atoms with Crippen LogP contribution >= 0.6 is 0 Å². The maximum absolute atomic E-state index is 5.58. The van der Waals surface area contributed by atoms with E-state index in [1.165, 1.54) is 0 Å². The molecule has 2 aliphatic heterocycles. The maximum atomic E-state index is 5.58. The van der Waals surface area contributed by atoms with E-state index in [2.05, 4.69) is 9.98 Å². The molecule has 2 heterocycles. The molecule has 0 saturated carbocycles. The minimum absolute atomic E-state index is 0.637. The van der Waals surface area contributed by atoms with Crippen molar-refractivity contribution < 1.29 is 0 Å². The van der Waals surface area contributed by atoms with Gasteiger partial charge in [0.2, 0.25) is 0 Å². The molecule has 0 aliphatic carbocycles. The maximum Gasteiger partial charge on any atom is 0.197 e. The van der Waals surface area contributed by atoms with Crippen molar-refractivity contribution in [3.05, 3.63) is 0 Å². The number of hydrogen-bond donors (Lipinski definition) is 1. The third kappa shape index (κ3) is 0.683. The van der Waals surface area contributed by atoms with Crippen LogP contribution in [0.15, 0.2) is 9.98 Å². The smallest absolute Gasteiger partial charge is 0.197 e. The average molecular weight is 138 g/mol. The van der Waals surface area contributed by atoms with Crippen molar-refractivity contribution >= 4 is 11.8 Å². The Hall–Kier alpha value is -1.06. The Kier molecular flexibility index (Phi) is 1.12. The molecule has 0 fully saturated rings. The third-order valence-corrected chi connectivity index (χ3v) is 1.80. The molecule has 0 bridgehead atoms. The monoisotopic (exact) mass is 138 g/mol. The zero-order valence-electron chi connectivity index (χ0n) is 5.75. The fourth-order valence-corrected chi connectivity index (χ4v) is 1.27. The number of nitrogens with two attached hydrogens (primary N) is 1. The van der Waals surface area contributed by atoms with Crippen LogP contribution in [0.25, 0.3) is 0 Å². The van der Waals surface area contributed by atoms with Gasteiger partial charge in [-0.3, -0.25) is 9.89 Å². The van der Waals surface area contributed by atoms with Crippen molar-refractivity contribution in [1.29, 1.82) is 0 Å². The van der Waals surface area contributed by atoms with Crippen LogP contribution in [0.5, 0.6) is 0 Å². The van der Waals surface area contributed by atoms with Crippen LogP contribution in [0.3, 0.4) is 0 Å². The number of amidine groups is 1. The topological polar surface area (TPSA) is 54.0 Å². The molecule has 0 atom stereocenters. The van der Waals surface area contributed by atoms with E-state index in [-0.39, 0.29) is 0 Å². The zero-order valence-corrected chi connectivity index (χ0v) is 5.75. The van der Waals surface area contributed by atoms with Gasteiger partial charge in [0.15, 0.2) is 5.96 Å². The number of fused-ring (bicyclic) bond motifs is 1. The molecule has 0 saturated heterocycles. The Morgan fingerprint density at radius 2 is 2.30 bits per heavy atom. The van der Waals surface area contributed by atoms with E-state index in [9.17, 15) is 0 Å². The summed E-state index contributed by atoms with van der Waals surface area (Å²) in [6.07, 6.45) is 1.10. The van der Waals surface area contributed by atoms with Gasteiger partial charge in [-0.15, -0.1) is 0 Å². The minimum atomic E-state index is 0.637. The van der Waals surface area contributed by atoms with E-state index in [0.717, 1.165) is 25.3 Å². The normalized spacial score (nSPS) is 23.8. The molecule has 4 heteroatoms. The quantitative estimate of drug-likeness (QED) is 0.487. The predicted octanol–water partition coefficient (Wildman–Crippen LogP) is -0.581. The first-order valence-corrected chi connectivity index (χ1v) is 3.49. The SMILES string of the molecule is NC1=NCC2=NCCCN12. The lowest BCUT2D eigenvalue weighted by molar-refractivity contribution is 0.552. The average Bonchev–Trinajstić information content (AvgIpc) is 2.34. The van der Waals surface area contributed by atoms with Crippen molar-refractivity contribution in [2.24, 2.45) is 15.7 Å². The van der Waals surface area contributed by atoms with Crippen LogP contribution in [0.2, 0.25) is 0 Å². The van der Waals surface area contributed by atoms with Crippen molar-refractivity contribution in [1.82, 2.24) is 4.90 Å². The Bertz CT molecular complexity index is 206. The molecule has 0 spiro atoms. The van der Waals surface area contributed by atoms with Gasteiger partial charge in [-0.05, 0) is 6.42 Å². The van der Waals surface area contributed by atoms with Crippen molar-refractivity contribution in [2.75, 3.05) is 19.6 Å². The molecule has 2 N–H and O–H groups in total. The van der Waals surface area contributed by atoms with Gasteiger partial charge in [-0.25, -0.2) is 4.99 Å². The first kappa shape index (κ1) is 5.70. The Labute approximate surface area is 59.4 Å². The van der Waals surface area contributed by atoms with E-state index in [1.54, 1.807) is 0 Å². The summed E-state index contributed by atoms with van der Waals surface area (Å²) in [7, 11) is 0. The van der Waals surface area contributed by atoms with E-state index in [1.807, 2.05) is 4.90 Å². The molecule has 2 rings (SSSR count). The largest absolute Gasteiger partial charge is 0.369 e. The molecular formula is C6H10N4. The van der Waals surface area contributed by atoms with Crippen LogP contribution in [0.4, 0.5) is 0 Å². The number of guanidine groups is 1. The minimum Gasteiger partial charge on any atom is -0.369 e. The molecule has 0 radical (unpaired) electrons. The van der Waals surface area contributed by atoms with Crippen molar-refractivity contribution in [3.8, 4) is 0 Å². The van der Waals surface area contributed by atoms with Gasteiger partial charge in [0.25, 0.3) is 0 Å². The van der Waals surface area contributed by atoms with Crippen LogP contribution < -0.4 is 5.73 Å². The number of aliphatic imine (C=N–C) groups is 2. The molecule has 0 aromatic heterocycles. The van der Waals surface area contributed by atoms with Crippen LogP contribution in [0.1, 0.15) is 6.42 Å². The van der Waals surface area contributed by atoms with Crippen LogP contribution in [-0.2, 0) is 0 Å². The zero-order chi connectivity index (χ0) is 6.97. The number of rotatable bonds is 0. The first-order valence-electron chi connectivity index (χ1n) is 3.49. The molecule has 0 amide bonds. The molecular weight excluding hydrogens is 128 g/mol. The summed E-state index contributed by atoms with van der Waals surface area (Å²) in [4.78, 5) is 10.3. The van der Waals surface area contributed by atoms with E-state index in [0.29, 0.717) is 12.5 Å². The lowest BCUT2D eigenvalue weighted by Crippen LogP contribution is -2.40. The summed E-state index contributed by atoms with van der Waals surface area (Å²) in [5.41, 5.74) is 5.58. The summed E-state index contributed by atoms with van der Waals surface area (Å²) in [5, 5.41) is 0. The fraction of sp³-hybridized carbons (Fsp3) is 0.667. The van der Waals surface area contributed by atoms with Gasteiger partial charge in [0.05, 0.1) is 0 Å². The van der Waals surface area contributed by atoms with Gasteiger partial charge in [0, 0.05) is 13.1 Å². The standard InChI is InChI=1S/C6H10N4/c7-6-9-4-5-8-2-1-3-10(5)6/h1-4H2,(H2,7,9). The highest BCUT2D eigenvalue weighted by Gasteiger charge is 2.22. The Balaban J connectivity index is 2.25. The van der Waals surface area contributed by atoms with E-state index in [4.69, 9.17) is 5.73 Å². The number of nitrogens with zero attached hydrogens (tertiary/aromatic N) is 3. The van der Waals surface area contributed by atoms with Gasteiger partial charge in [-0.2, -0.15) is 0 Å². The summed E-state index contributed by atoms with van der Waals surface area (Å²) >= 11 is 0. The molecule has 0 aromatic carbocycles. The Morgan fingerprint density at radius 1 is 1.40 bits per heavy atom. The van der Waals surface area contributed by atoms with Crippen LogP contribution in [-0.4, -0.2) is 36.3 Å².